The molecule has 0 unspecified atom stereocenters. The van der Waals surface area contributed by atoms with E-state index in [1.165, 1.54) is 0 Å². The lowest BCUT2D eigenvalue weighted by Crippen LogP contribution is -2.28. The van der Waals surface area contributed by atoms with Gasteiger partial charge in [-0.3, -0.25) is 4.79 Å². The van der Waals surface area contributed by atoms with E-state index < -0.39 is 0 Å². The van der Waals surface area contributed by atoms with Crippen molar-refractivity contribution in [3.8, 4) is 5.75 Å². The average Bonchev–Trinajstić information content (AvgIpc) is 2.52. The minimum atomic E-state index is -0.218. The third-order valence-electron chi connectivity index (χ3n) is 2.97. The Bertz CT molecular complexity index is 597. The monoisotopic (exact) mass is 286 g/mol. The topological polar surface area (TPSA) is 84.6 Å². The highest BCUT2D eigenvalue weighted by Crippen LogP contribution is 2.19. The summed E-state index contributed by atoms with van der Waals surface area (Å²) in [6.07, 6.45) is 0. The van der Waals surface area contributed by atoms with Gasteiger partial charge < -0.3 is 20.9 Å². The summed E-state index contributed by atoms with van der Waals surface area (Å²) in [4.78, 5) is 11.7. The summed E-state index contributed by atoms with van der Waals surface area (Å²) >= 11 is 0. The van der Waals surface area contributed by atoms with Crippen molar-refractivity contribution >= 4 is 11.6 Å². The Labute approximate surface area is 123 Å². The molecule has 5 heteroatoms. The lowest BCUT2D eigenvalue weighted by Gasteiger charge is -2.09. The Balaban J connectivity index is 1.78. The quantitative estimate of drug-likeness (QED) is 0.702. The number of hydrogen-bond acceptors (Lipinski definition) is 4. The van der Waals surface area contributed by atoms with E-state index in [-0.39, 0.29) is 19.1 Å². The molecule has 0 bridgehead atoms. The standard InChI is InChI=1S/C16H18N2O3/c17-14-3-1-2-4-15(14)21-11-16(20)18-9-12-5-7-13(10-19)8-6-12/h1-8,19H,9-11,17H2,(H,18,20). The molecule has 2 rings (SSSR count). The van der Waals surface area contributed by atoms with Gasteiger partial charge in [0.25, 0.3) is 5.91 Å². The van der Waals surface area contributed by atoms with E-state index in [4.69, 9.17) is 15.6 Å². The number of nitrogens with one attached hydrogen (secondary N) is 1. The summed E-state index contributed by atoms with van der Waals surface area (Å²) in [7, 11) is 0. The van der Waals surface area contributed by atoms with E-state index in [1.54, 1.807) is 24.3 Å². The van der Waals surface area contributed by atoms with Gasteiger partial charge in [0.1, 0.15) is 5.75 Å². The van der Waals surface area contributed by atoms with Crippen LogP contribution in [0.2, 0.25) is 0 Å². The first-order valence-electron chi connectivity index (χ1n) is 6.61. The third-order valence-corrected chi connectivity index (χ3v) is 2.97. The number of benzene rings is 2. The second-order valence-corrected chi connectivity index (χ2v) is 4.58. The molecular formula is C16H18N2O3. The SMILES string of the molecule is Nc1ccccc1OCC(=O)NCc1ccc(CO)cc1. The minimum absolute atomic E-state index is 0.0129. The molecule has 0 aliphatic heterocycles. The normalized spacial score (nSPS) is 10.1. The molecule has 0 fully saturated rings. The van der Waals surface area contributed by atoms with Crippen LogP contribution in [0.4, 0.5) is 5.69 Å². The van der Waals surface area contributed by atoms with Crippen molar-refractivity contribution < 1.29 is 14.6 Å². The van der Waals surface area contributed by atoms with Gasteiger partial charge in [0, 0.05) is 6.54 Å². The molecule has 4 N–H and O–H groups in total. The largest absolute Gasteiger partial charge is 0.482 e. The van der Waals surface area contributed by atoms with Gasteiger partial charge in [-0.2, -0.15) is 0 Å². The first-order valence-corrected chi connectivity index (χ1v) is 6.61. The third kappa shape index (κ3) is 4.50. The summed E-state index contributed by atoms with van der Waals surface area (Å²) in [5.41, 5.74) is 8.03. The number of aliphatic hydroxyl groups excluding tert-OH is 1. The predicted molar refractivity (Wildman–Crippen MR) is 80.6 cm³/mol. The molecule has 0 aliphatic rings. The highest BCUT2D eigenvalue weighted by Gasteiger charge is 2.04. The number of nitrogens with two attached hydrogens (primary N) is 1. The van der Waals surface area contributed by atoms with Crippen LogP contribution in [0, 0.1) is 0 Å². The maximum Gasteiger partial charge on any atom is 0.258 e. The number of amides is 1. The number of hydrogen-bond donors (Lipinski definition) is 3. The fraction of sp³-hybridized carbons (Fsp3) is 0.188. The van der Waals surface area contributed by atoms with Crippen LogP contribution in [-0.4, -0.2) is 17.6 Å². The van der Waals surface area contributed by atoms with Crippen molar-refractivity contribution in [3.05, 3.63) is 59.7 Å². The summed E-state index contributed by atoms with van der Waals surface area (Å²) in [6.45, 7) is 0.347. The highest BCUT2D eigenvalue weighted by molar-refractivity contribution is 5.77. The fourth-order valence-corrected chi connectivity index (χ4v) is 1.77. The Morgan fingerprint density at radius 1 is 1.10 bits per heavy atom. The number of anilines is 1. The minimum Gasteiger partial charge on any atom is -0.482 e. The summed E-state index contributed by atoms with van der Waals surface area (Å²) in [6, 6.07) is 14.4. The molecule has 0 spiro atoms. The van der Waals surface area contributed by atoms with Crippen LogP contribution in [0.5, 0.6) is 5.75 Å². The van der Waals surface area contributed by atoms with Crippen molar-refractivity contribution in [3.63, 3.8) is 0 Å². The van der Waals surface area contributed by atoms with Gasteiger partial charge in [-0.25, -0.2) is 0 Å². The van der Waals surface area contributed by atoms with Crippen LogP contribution in [0.3, 0.4) is 0 Å². The van der Waals surface area contributed by atoms with Crippen LogP contribution >= 0.6 is 0 Å². The van der Waals surface area contributed by atoms with Gasteiger partial charge in [0.15, 0.2) is 6.61 Å². The van der Waals surface area contributed by atoms with Crippen molar-refractivity contribution in [2.24, 2.45) is 0 Å². The number of aliphatic hydroxyl groups is 1. The molecule has 21 heavy (non-hydrogen) atoms. The van der Waals surface area contributed by atoms with Crippen LogP contribution in [-0.2, 0) is 17.9 Å². The van der Waals surface area contributed by atoms with E-state index in [9.17, 15) is 4.79 Å². The molecular weight excluding hydrogens is 268 g/mol. The zero-order chi connectivity index (χ0) is 15.1. The summed E-state index contributed by atoms with van der Waals surface area (Å²) < 4.78 is 5.35. The smallest absolute Gasteiger partial charge is 0.258 e. The molecule has 1 amide bonds. The van der Waals surface area contributed by atoms with Gasteiger partial charge in [0.2, 0.25) is 0 Å². The second kappa shape index (κ2) is 7.31. The number of para-hydroxylation sites is 2. The van der Waals surface area contributed by atoms with E-state index >= 15 is 0 Å². The second-order valence-electron chi connectivity index (χ2n) is 4.58. The fourth-order valence-electron chi connectivity index (χ4n) is 1.77. The molecule has 0 aliphatic carbocycles. The van der Waals surface area contributed by atoms with Gasteiger partial charge in [-0.1, -0.05) is 36.4 Å². The first-order chi connectivity index (χ1) is 10.2. The number of rotatable bonds is 6. The Morgan fingerprint density at radius 2 is 1.76 bits per heavy atom. The van der Waals surface area contributed by atoms with Crippen LogP contribution in [0.1, 0.15) is 11.1 Å². The van der Waals surface area contributed by atoms with Crippen molar-refractivity contribution in [1.29, 1.82) is 0 Å². The van der Waals surface area contributed by atoms with Gasteiger partial charge in [0.05, 0.1) is 12.3 Å². The molecule has 5 nitrogen and oxygen atoms in total. The molecule has 0 aromatic heterocycles. The predicted octanol–water partition coefficient (Wildman–Crippen LogP) is 1.46. The lowest BCUT2D eigenvalue weighted by molar-refractivity contribution is -0.123. The highest BCUT2D eigenvalue weighted by atomic mass is 16.5. The Kier molecular flexibility index (Phi) is 5.17. The number of carbonyl (C=O) groups excluding carboxylic acids is 1. The van der Waals surface area contributed by atoms with E-state index in [0.29, 0.717) is 18.0 Å². The molecule has 2 aromatic rings. The molecule has 0 saturated heterocycles. The number of carbonyl (C=O) groups is 1. The Morgan fingerprint density at radius 3 is 2.43 bits per heavy atom. The first kappa shape index (κ1) is 14.9. The zero-order valence-corrected chi connectivity index (χ0v) is 11.6. The van der Waals surface area contributed by atoms with Crippen molar-refractivity contribution in [1.82, 2.24) is 5.32 Å². The molecule has 110 valence electrons. The van der Waals surface area contributed by atoms with Gasteiger partial charge in [-0.05, 0) is 23.3 Å². The molecule has 2 aromatic carbocycles. The maximum absolute atomic E-state index is 11.7. The molecule has 0 saturated carbocycles. The van der Waals surface area contributed by atoms with Gasteiger partial charge in [-0.15, -0.1) is 0 Å². The zero-order valence-electron chi connectivity index (χ0n) is 11.6. The lowest BCUT2D eigenvalue weighted by atomic mass is 10.1. The number of ether oxygens (including phenoxy) is 1. The van der Waals surface area contributed by atoms with Crippen LogP contribution in [0.15, 0.2) is 48.5 Å². The van der Waals surface area contributed by atoms with Gasteiger partial charge >= 0.3 is 0 Å². The van der Waals surface area contributed by atoms with Crippen LogP contribution in [0.25, 0.3) is 0 Å². The number of nitrogen functional groups attached to an aromatic ring is 1. The summed E-state index contributed by atoms with van der Waals surface area (Å²) in [5.74, 6) is 0.282. The Hall–Kier alpha value is -2.53. The van der Waals surface area contributed by atoms with Crippen molar-refractivity contribution in [2.45, 2.75) is 13.2 Å². The van der Waals surface area contributed by atoms with Crippen LogP contribution < -0.4 is 15.8 Å². The van der Waals surface area contributed by atoms with E-state index in [2.05, 4.69) is 5.32 Å². The molecule has 0 radical (unpaired) electrons. The molecule has 0 atom stereocenters. The van der Waals surface area contributed by atoms with E-state index in [1.807, 2.05) is 24.3 Å². The molecule has 0 heterocycles. The van der Waals surface area contributed by atoms with E-state index in [0.717, 1.165) is 11.1 Å². The average molecular weight is 286 g/mol. The maximum atomic E-state index is 11.7. The summed E-state index contributed by atoms with van der Waals surface area (Å²) in [5, 5.41) is 11.7. The van der Waals surface area contributed by atoms with Crippen molar-refractivity contribution in [2.75, 3.05) is 12.3 Å².